The van der Waals surface area contributed by atoms with Crippen LogP contribution >= 0.6 is 0 Å². The second-order valence-electron chi connectivity index (χ2n) is 4.72. The molecule has 0 bridgehead atoms. The number of benzene rings is 1. The summed E-state index contributed by atoms with van der Waals surface area (Å²) in [7, 11) is 0. The van der Waals surface area contributed by atoms with Gasteiger partial charge < -0.3 is 5.32 Å². The van der Waals surface area contributed by atoms with Gasteiger partial charge in [0.15, 0.2) is 0 Å². The Morgan fingerprint density at radius 2 is 1.91 bits per heavy atom. The van der Waals surface area contributed by atoms with E-state index in [1.165, 1.54) is 23.1 Å². The van der Waals surface area contributed by atoms with E-state index in [0.29, 0.717) is 17.1 Å². The molecule has 6 heteroatoms. The Balaban J connectivity index is 1.96. The van der Waals surface area contributed by atoms with Gasteiger partial charge in [-0.1, -0.05) is 12.1 Å². The normalized spacial score (nSPS) is 10.5. The fourth-order valence-electron chi connectivity index (χ4n) is 2.09. The number of hydrogen-bond donors (Lipinski definition) is 1. The summed E-state index contributed by atoms with van der Waals surface area (Å²) in [5, 5.41) is 6.98. The first-order valence-electron chi connectivity index (χ1n) is 6.68. The molecule has 5 nitrogen and oxygen atoms in total. The number of rotatable bonds is 3. The summed E-state index contributed by atoms with van der Waals surface area (Å²) >= 11 is 0. The molecule has 3 aromatic rings. The minimum Gasteiger partial charge on any atom is -0.306 e. The minimum atomic E-state index is -0.412. The molecule has 1 N–H and O–H groups in total. The van der Waals surface area contributed by atoms with Crippen molar-refractivity contribution < 1.29 is 9.18 Å². The summed E-state index contributed by atoms with van der Waals surface area (Å²) in [6.07, 6.45) is 3.07. The molecule has 0 saturated heterocycles. The van der Waals surface area contributed by atoms with Crippen LogP contribution in [0.2, 0.25) is 0 Å². The Bertz CT molecular complexity index is 814. The van der Waals surface area contributed by atoms with Crippen LogP contribution in [0.15, 0.2) is 54.9 Å². The van der Waals surface area contributed by atoms with Gasteiger partial charge in [0.25, 0.3) is 5.91 Å². The van der Waals surface area contributed by atoms with E-state index in [9.17, 15) is 9.18 Å². The first-order chi connectivity index (χ1) is 10.6. The second-order valence-corrected chi connectivity index (χ2v) is 4.72. The topological polar surface area (TPSA) is 59.8 Å². The Labute approximate surface area is 126 Å². The third-order valence-electron chi connectivity index (χ3n) is 3.10. The molecule has 0 aliphatic carbocycles. The number of halogens is 1. The number of nitrogens with zero attached hydrogens (tertiary/aromatic N) is 3. The average molecular weight is 296 g/mol. The van der Waals surface area contributed by atoms with Gasteiger partial charge in [0.2, 0.25) is 0 Å². The quantitative estimate of drug-likeness (QED) is 0.808. The largest absolute Gasteiger partial charge is 0.306 e. The van der Waals surface area contributed by atoms with Crippen LogP contribution in [0.25, 0.3) is 5.69 Å². The number of nitrogens with one attached hydrogen (secondary N) is 1. The zero-order valence-electron chi connectivity index (χ0n) is 11.8. The highest BCUT2D eigenvalue weighted by Gasteiger charge is 2.14. The van der Waals surface area contributed by atoms with Crippen LogP contribution in [-0.4, -0.2) is 20.7 Å². The lowest BCUT2D eigenvalue weighted by Gasteiger charge is -2.09. The molecule has 3 rings (SSSR count). The number of anilines is 1. The van der Waals surface area contributed by atoms with Gasteiger partial charge in [0.05, 0.1) is 5.69 Å². The van der Waals surface area contributed by atoms with Crippen LogP contribution in [0.1, 0.15) is 16.1 Å². The smallest absolute Gasteiger partial charge is 0.256 e. The highest BCUT2D eigenvalue weighted by atomic mass is 19.1. The third kappa shape index (κ3) is 2.71. The van der Waals surface area contributed by atoms with Crippen LogP contribution in [0.4, 0.5) is 10.2 Å². The van der Waals surface area contributed by atoms with Crippen LogP contribution in [0.5, 0.6) is 0 Å². The van der Waals surface area contributed by atoms with Crippen LogP contribution in [0, 0.1) is 12.7 Å². The number of aryl methyl sites for hydroxylation is 1. The van der Waals surface area contributed by atoms with E-state index < -0.39 is 5.82 Å². The maximum Gasteiger partial charge on any atom is 0.256 e. The predicted molar refractivity (Wildman–Crippen MR) is 80.4 cm³/mol. The van der Waals surface area contributed by atoms with E-state index in [2.05, 4.69) is 15.4 Å². The van der Waals surface area contributed by atoms with Crippen LogP contribution < -0.4 is 5.32 Å². The van der Waals surface area contributed by atoms with Crippen molar-refractivity contribution in [2.75, 3.05) is 5.32 Å². The Kier molecular flexibility index (Phi) is 3.65. The summed E-state index contributed by atoms with van der Waals surface area (Å²) in [4.78, 5) is 16.1. The Morgan fingerprint density at radius 3 is 2.64 bits per heavy atom. The Hall–Kier alpha value is -3.02. The fourth-order valence-corrected chi connectivity index (χ4v) is 2.09. The summed E-state index contributed by atoms with van der Waals surface area (Å²) in [6.45, 7) is 1.78. The van der Waals surface area contributed by atoms with E-state index in [1.807, 2.05) is 0 Å². The molecular formula is C16H13FN4O. The second kappa shape index (κ2) is 5.77. The van der Waals surface area contributed by atoms with Crippen molar-refractivity contribution in [2.24, 2.45) is 0 Å². The average Bonchev–Trinajstić information content (AvgIpc) is 2.89. The molecule has 1 aromatic carbocycles. The van der Waals surface area contributed by atoms with Gasteiger partial charge in [-0.25, -0.2) is 9.07 Å². The maximum absolute atomic E-state index is 13.9. The van der Waals surface area contributed by atoms with Crippen molar-refractivity contribution in [3.05, 3.63) is 71.9 Å². The molecule has 2 heterocycles. The van der Waals surface area contributed by atoms with Gasteiger partial charge in [-0.3, -0.25) is 9.78 Å². The highest BCUT2D eigenvalue weighted by molar-refractivity contribution is 6.03. The lowest BCUT2D eigenvalue weighted by molar-refractivity contribution is 0.102. The van der Waals surface area contributed by atoms with Crippen molar-refractivity contribution in [1.82, 2.24) is 14.8 Å². The molecule has 110 valence electrons. The summed E-state index contributed by atoms with van der Waals surface area (Å²) in [5.74, 6) is -0.311. The van der Waals surface area contributed by atoms with Crippen molar-refractivity contribution in [2.45, 2.75) is 6.92 Å². The van der Waals surface area contributed by atoms with E-state index in [1.54, 1.807) is 43.3 Å². The number of amides is 1. The number of para-hydroxylation sites is 1. The van der Waals surface area contributed by atoms with E-state index in [4.69, 9.17) is 0 Å². The molecule has 0 unspecified atom stereocenters. The van der Waals surface area contributed by atoms with Crippen molar-refractivity contribution >= 4 is 11.7 Å². The molecule has 0 fully saturated rings. The molecular weight excluding hydrogens is 283 g/mol. The summed E-state index contributed by atoms with van der Waals surface area (Å²) in [6, 6.07) is 11.2. The number of hydrogen-bond acceptors (Lipinski definition) is 3. The van der Waals surface area contributed by atoms with Crippen LogP contribution in [-0.2, 0) is 0 Å². The van der Waals surface area contributed by atoms with E-state index in [0.717, 1.165) is 0 Å². The van der Waals surface area contributed by atoms with Crippen molar-refractivity contribution in [1.29, 1.82) is 0 Å². The molecule has 0 aliphatic rings. The van der Waals surface area contributed by atoms with Gasteiger partial charge in [0, 0.05) is 24.0 Å². The lowest BCUT2D eigenvalue weighted by Crippen LogP contribution is -2.15. The van der Waals surface area contributed by atoms with Gasteiger partial charge >= 0.3 is 0 Å². The summed E-state index contributed by atoms with van der Waals surface area (Å²) < 4.78 is 15.3. The number of aromatic nitrogens is 3. The molecule has 0 saturated carbocycles. The zero-order valence-corrected chi connectivity index (χ0v) is 11.8. The van der Waals surface area contributed by atoms with E-state index in [-0.39, 0.29) is 11.6 Å². The zero-order chi connectivity index (χ0) is 15.5. The first-order valence-corrected chi connectivity index (χ1v) is 6.68. The molecule has 0 spiro atoms. The maximum atomic E-state index is 13.9. The highest BCUT2D eigenvalue weighted by Crippen LogP contribution is 2.20. The predicted octanol–water partition coefficient (Wildman–Crippen LogP) is 2.97. The van der Waals surface area contributed by atoms with Crippen LogP contribution in [0.3, 0.4) is 0 Å². The molecule has 2 aromatic heterocycles. The van der Waals surface area contributed by atoms with Gasteiger partial charge in [-0.05, 0) is 31.2 Å². The van der Waals surface area contributed by atoms with Gasteiger partial charge in [-0.15, -0.1) is 0 Å². The first kappa shape index (κ1) is 13.9. The third-order valence-corrected chi connectivity index (χ3v) is 3.10. The molecule has 0 aliphatic heterocycles. The Morgan fingerprint density at radius 1 is 1.18 bits per heavy atom. The fraction of sp³-hybridized carbons (Fsp3) is 0.0625. The number of carbonyl (C=O) groups excluding carboxylic acids is 1. The standard InChI is InChI=1S/C16H13FN4O/c1-11-10-15(19-16(22)12-6-8-18-9-7-12)21(20-11)14-5-3-2-4-13(14)17/h2-10H,1H3,(H,19,22). The number of pyridine rings is 1. The van der Waals surface area contributed by atoms with Gasteiger partial charge in [-0.2, -0.15) is 5.10 Å². The van der Waals surface area contributed by atoms with Crippen molar-refractivity contribution in [3.63, 3.8) is 0 Å². The molecule has 22 heavy (non-hydrogen) atoms. The molecule has 0 radical (unpaired) electrons. The van der Waals surface area contributed by atoms with Crippen molar-refractivity contribution in [3.8, 4) is 5.69 Å². The molecule has 0 atom stereocenters. The summed E-state index contributed by atoms with van der Waals surface area (Å²) in [5.41, 5.74) is 1.42. The molecule has 1 amide bonds. The van der Waals surface area contributed by atoms with E-state index >= 15 is 0 Å². The minimum absolute atomic E-state index is 0.278. The van der Waals surface area contributed by atoms with Gasteiger partial charge in [0.1, 0.15) is 17.3 Å². The lowest BCUT2D eigenvalue weighted by atomic mass is 10.2. The SMILES string of the molecule is Cc1cc(NC(=O)c2ccncc2)n(-c2ccccc2F)n1. The number of carbonyl (C=O) groups is 1. The monoisotopic (exact) mass is 296 g/mol.